The van der Waals surface area contributed by atoms with Crippen molar-refractivity contribution in [1.29, 1.82) is 0 Å². The standard InChI is InChI=1S/C16H25N5O/c1-3-15(22)19-12-5-4-7-21(9-12)16-13-10-20(2)8-6-14(13)17-11-18-16/h11-12H,3-10H2,1-2H3,(H,19,22)/t12-/m0/s1. The Morgan fingerprint density at radius 3 is 3.09 bits per heavy atom. The number of rotatable bonds is 3. The molecule has 1 N–H and O–H groups in total. The number of carbonyl (C=O) groups is 1. The second-order valence-corrected chi connectivity index (χ2v) is 6.32. The molecular weight excluding hydrogens is 278 g/mol. The predicted molar refractivity (Wildman–Crippen MR) is 85.7 cm³/mol. The second-order valence-electron chi connectivity index (χ2n) is 6.32. The third kappa shape index (κ3) is 3.21. The molecule has 0 saturated carbocycles. The van der Waals surface area contributed by atoms with Crippen molar-refractivity contribution in [1.82, 2.24) is 20.2 Å². The van der Waals surface area contributed by atoms with Crippen molar-refractivity contribution in [3.8, 4) is 0 Å². The fraction of sp³-hybridized carbons (Fsp3) is 0.688. The van der Waals surface area contributed by atoms with Crippen molar-refractivity contribution in [3.05, 3.63) is 17.6 Å². The lowest BCUT2D eigenvalue weighted by molar-refractivity contribution is -0.121. The van der Waals surface area contributed by atoms with Crippen LogP contribution >= 0.6 is 0 Å². The van der Waals surface area contributed by atoms with Gasteiger partial charge in [0.15, 0.2) is 0 Å². The van der Waals surface area contributed by atoms with E-state index in [2.05, 4.69) is 32.1 Å². The number of piperidine rings is 1. The minimum atomic E-state index is 0.135. The van der Waals surface area contributed by atoms with Crippen molar-refractivity contribution < 1.29 is 4.79 Å². The van der Waals surface area contributed by atoms with Gasteiger partial charge in [-0.1, -0.05) is 6.92 Å². The van der Waals surface area contributed by atoms with E-state index >= 15 is 0 Å². The topological polar surface area (TPSA) is 61.4 Å². The van der Waals surface area contributed by atoms with E-state index in [9.17, 15) is 4.79 Å². The summed E-state index contributed by atoms with van der Waals surface area (Å²) in [6.45, 7) is 5.71. The maximum Gasteiger partial charge on any atom is 0.219 e. The van der Waals surface area contributed by atoms with Crippen LogP contribution in [0.4, 0.5) is 5.82 Å². The van der Waals surface area contributed by atoms with Gasteiger partial charge in [-0.3, -0.25) is 4.79 Å². The molecule has 0 spiro atoms. The number of aromatic nitrogens is 2. The van der Waals surface area contributed by atoms with Crippen LogP contribution in [-0.2, 0) is 17.8 Å². The summed E-state index contributed by atoms with van der Waals surface area (Å²) >= 11 is 0. The van der Waals surface area contributed by atoms with Crippen LogP contribution in [0.15, 0.2) is 6.33 Å². The largest absolute Gasteiger partial charge is 0.354 e. The van der Waals surface area contributed by atoms with Gasteiger partial charge in [-0.2, -0.15) is 0 Å². The maximum atomic E-state index is 11.6. The van der Waals surface area contributed by atoms with Crippen LogP contribution in [0.5, 0.6) is 0 Å². The number of hydrogen-bond acceptors (Lipinski definition) is 5. The minimum absolute atomic E-state index is 0.135. The van der Waals surface area contributed by atoms with E-state index in [0.29, 0.717) is 6.42 Å². The molecule has 1 atom stereocenters. The van der Waals surface area contributed by atoms with Crippen LogP contribution in [0, 0.1) is 0 Å². The first-order chi connectivity index (χ1) is 10.7. The van der Waals surface area contributed by atoms with Crippen LogP contribution in [0.25, 0.3) is 0 Å². The Kier molecular flexibility index (Phi) is 4.57. The lowest BCUT2D eigenvalue weighted by Crippen LogP contribution is -2.48. The van der Waals surface area contributed by atoms with E-state index in [0.717, 1.165) is 51.3 Å². The monoisotopic (exact) mass is 303 g/mol. The van der Waals surface area contributed by atoms with Crippen molar-refractivity contribution in [2.75, 3.05) is 31.6 Å². The molecule has 0 aliphatic carbocycles. The smallest absolute Gasteiger partial charge is 0.219 e. The van der Waals surface area contributed by atoms with Crippen molar-refractivity contribution in [2.24, 2.45) is 0 Å². The number of likely N-dealkylation sites (N-methyl/N-ethyl adjacent to an activating group) is 1. The SMILES string of the molecule is CCC(=O)N[C@H]1CCCN(c2ncnc3c2CN(C)CC3)C1. The molecule has 6 heteroatoms. The lowest BCUT2D eigenvalue weighted by atomic mass is 10.0. The third-order valence-corrected chi connectivity index (χ3v) is 4.58. The summed E-state index contributed by atoms with van der Waals surface area (Å²) in [4.78, 5) is 25.3. The molecule has 1 aromatic heterocycles. The molecule has 3 heterocycles. The Labute approximate surface area is 131 Å². The van der Waals surface area contributed by atoms with Crippen LogP contribution in [0.3, 0.4) is 0 Å². The van der Waals surface area contributed by atoms with Crippen molar-refractivity contribution in [2.45, 2.75) is 45.2 Å². The Bertz CT molecular complexity index is 547. The number of anilines is 1. The molecule has 22 heavy (non-hydrogen) atoms. The molecule has 6 nitrogen and oxygen atoms in total. The molecule has 3 rings (SSSR count). The van der Waals surface area contributed by atoms with Crippen molar-refractivity contribution >= 4 is 11.7 Å². The average Bonchev–Trinajstić information content (AvgIpc) is 2.54. The number of nitrogens with zero attached hydrogens (tertiary/aromatic N) is 4. The summed E-state index contributed by atoms with van der Waals surface area (Å²) in [6, 6.07) is 0.230. The summed E-state index contributed by atoms with van der Waals surface area (Å²) < 4.78 is 0. The normalized spacial score (nSPS) is 22.3. The molecule has 0 unspecified atom stereocenters. The van der Waals surface area contributed by atoms with E-state index in [1.807, 2.05) is 6.92 Å². The first-order valence-corrected chi connectivity index (χ1v) is 8.23. The van der Waals surface area contributed by atoms with Gasteiger partial charge in [0.2, 0.25) is 5.91 Å². The summed E-state index contributed by atoms with van der Waals surface area (Å²) in [5.74, 6) is 1.20. The third-order valence-electron chi connectivity index (χ3n) is 4.58. The molecule has 120 valence electrons. The summed E-state index contributed by atoms with van der Waals surface area (Å²) in [5, 5.41) is 3.12. The zero-order chi connectivity index (χ0) is 15.5. The zero-order valence-corrected chi connectivity index (χ0v) is 13.5. The quantitative estimate of drug-likeness (QED) is 0.901. The van der Waals surface area contributed by atoms with Crippen LogP contribution in [0.1, 0.15) is 37.4 Å². The molecule has 1 saturated heterocycles. The average molecular weight is 303 g/mol. The molecule has 2 aliphatic rings. The van der Waals surface area contributed by atoms with Crippen LogP contribution in [-0.4, -0.2) is 53.5 Å². The first-order valence-electron chi connectivity index (χ1n) is 8.23. The fourth-order valence-corrected chi connectivity index (χ4v) is 3.35. The number of hydrogen-bond donors (Lipinski definition) is 1. The minimum Gasteiger partial charge on any atom is -0.354 e. The van der Waals surface area contributed by atoms with Crippen LogP contribution in [0.2, 0.25) is 0 Å². The number of amides is 1. The van der Waals surface area contributed by atoms with Gasteiger partial charge in [0.1, 0.15) is 12.1 Å². The Balaban J connectivity index is 1.77. The Morgan fingerprint density at radius 1 is 1.41 bits per heavy atom. The highest BCUT2D eigenvalue weighted by Gasteiger charge is 2.26. The molecule has 1 aromatic rings. The summed E-state index contributed by atoms with van der Waals surface area (Å²) in [7, 11) is 2.14. The van der Waals surface area contributed by atoms with Gasteiger partial charge < -0.3 is 15.1 Å². The molecule has 1 fully saturated rings. The highest BCUT2D eigenvalue weighted by Crippen LogP contribution is 2.27. The molecule has 2 aliphatic heterocycles. The molecule has 0 bridgehead atoms. The highest BCUT2D eigenvalue weighted by atomic mass is 16.1. The highest BCUT2D eigenvalue weighted by molar-refractivity contribution is 5.76. The van der Waals surface area contributed by atoms with Gasteiger partial charge in [0.05, 0.1) is 5.69 Å². The van der Waals surface area contributed by atoms with Gasteiger partial charge in [-0.05, 0) is 19.9 Å². The number of nitrogens with one attached hydrogen (secondary N) is 1. The van der Waals surface area contributed by atoms with E-state index in [-0.39, 0.29) is 11.9 Å². The maximum absolute atomic E-state index is 11.6. The fourth-order valence-electron chi connectivity index (χ4n) is 3.35. The Morgan fingerprint density at radius 2 is 2.27 bits per heavy atom. The number of carbonyl (C=O) groups excluding carboxylic acids is 1. The van der Waals surface area contributed by atoms with E-state index < -0.39 is 0 Å². The molecule has 0 radical (unpaired) electrons. The van der Waals surface area contributed by atoms with Gasteiger partial charge in [0, 0.05) is 50.6 Å². The molecule has 0 aromatic carbocycles. The zero-order valence-electron chi connectivity index (χ0n) is 13.5. The second kappa shape index (κ2) is 6.60. The van der Waals surface area contributed by atoms with Crippen molar-refractivity contribution in [3.63, 3.8) is 0 Å². The van der Waals surface area contributed by atoms with Gasteiger partial charge in [-0.15, -0.1) is 0 Å². The molecular formula is C16H25N5O. The Hall–Kier alpha value is -1.69. The van der Waals surface area contributed by atoms with Crippen LogP contribution < -0.4 is 10.2 Å². The van der Waals surface area contributed by atoms with E-state index in [1.54, 1.807) is 6.33 Å². The van der Waals surface area contributed by atoms with Gasteiger partial charge in [0.25, 0.3) is 0 Å². The predicted octanol–water partition coefficient (Wildman–Crippen LogP) is 0.959. The van der Waals surface area contributed by atoms with Gasteiger partial charge in [-0.25, -0.2) is 9.97 Å². The first kappa shape index (κ1) is 15.2. The molecule has 1 amide bonds. The summed E-state index contributed by atoms with van der Waals surface area (Å²) in [6.07, 6.45) is 5.36. The summed E-state index contributed by atoms with van der Waals surface area (Å²) in [5.41, 5.74) is 2.45. The lowest BCUT2D eigenvalue weighted by Gasteiger charge is -2.36. The van der Waals surface area contributed by atoms with E-state index in [1.165, 1.54) is 11.3 Å². The van der Waals surface area contributed by atoms with E-state index in [4.69, 9.17) is 0 Å². The van der Waals surface area contributed by atoms with Gasteiger partial charge >= 0.3 is 0 Å². The number of fused-ring (bicyclic) bond motifs is 1.